The number of rotatable bonds is 44. The van der Waals surface area contributed by atoms with Crippen LogP contribution in [-0.2, 0) is 14.3 Å². The highest BCUT2D eigenvalue weighted by Gasteiger charge is 2.24. The Balaban J connectivity index is 4.53. The van der Waals surface area contributed by atoms with E-state index in [0.717, 1.165) is 83.5 Å². The minimum atomic E-state index is -0.790. The standard InChI is InChI=1S/C51H95NO5/c1-4-7-10-13-16-19-22-24-25-26-29-31-34-37-40-43-49(54)48(46-53)52-50(55)45-47(42-39-36-33-30-28-23-20-17-14-11-8-5-2)57-51(56)44-41-38-35-32-27-21-18-15-12-9-6-3/h8,11,15,17-18,20,47-49,53-54H,4-7,9-10,12-14,16,19,21-46H2,1-3H3,(H,52,55)/b11-8+,18-15-,20-17+. The molecule has 57 heavy (non-hydrogen) atoms. The molecule has 3 N–H and O–H groups in total. The van der Waals surface area contributed by atoms with Gasteiger partial charge < -0.3 is 20.3 Å². The third kappa shape index (κ3) is 40.6. The molecule has 0 bridgehead atoms. The zero-order valence-corrected chi connectivity index (χ0v) is 38.0. The molecular formula is C51H95NO5. The number of hydrogen-bond donors (Lipinski definition) is 3. The number of carbonyl (C=O) groups excluding carboxylic acids is 2. The molecule has 0 aromatic carbocycles. The van der Waals surface area contributed by atoms with Crippen LogP contribution in [0.1, 0.15) is 252 Å². The van der Waals surface area contributed by atoms with Crippen LogP contribution < -0.4 is 5.32 Å². The molecule has 6 nitrogen and oxygen atoms in total. The number of aliphatic hydroxyl groups excluding tert-OH is 2. The summed E-state index contributed by atoms with van der Waals surface area (Å²) in [7, 11) is 0. The number of carbonyl (C=O) groups is 2. The number of nitrogens with one attached hydrogen (secondary N) is 1. The van der Waals surface area contributed by atoms with E-state index in [2.05, 4.69) is 62.5 Å². The molecular weight excluding hydrogens is 707 g/mol. The van der Waals surface area contributed by atoms with Gasteiger partial charge in [-0.1, -0.05) is 205 Å². The zero-order valence-electron chi connectivity index (χ0n) is 38.0. The topological polar surface area (TPSA) is 95.9 Å². The number of allylic oxidation sites excluding steroid dienone is 6. The second-order valence-electron chi connectivity index (χ2n) is 16.8. The predicted molar refractivity (Wildman–Crippen MR) is 246 cm³/mol. The highest BCUT2D eigenvalue weighted by molar-refractivity contribution is 5.77. The normalized spacial score (nSPS) is 13.6. The Hall–Kier alpha value is -1.92. The molecule has 3 atom stereocenters. The van der Waals surface area contributed by atoms with E-state index in [1.807, 2.05) is 0 Å². The van der Waals surface area contributed by atoms with E-state index < -0.39 is 18.2 Å². The summed E-state index contributed by atoms with van der Waals surface area (Å²) in [6.45, 7) is 6.34. The van der Waals surface area contributed by atoms with Gasteiger partial charge in [-0.2, -0.15) is 0 Å². The lowest BCUT2D eigenvalue weighted by molar-refractivity contribution is -0.151. The molecule has 0 aromatic rings. The molecule has 0 radical (unpaired) electrons. The lowest BCUT2D eigenvalue weighted by Crippen LogP contribution is -2.46. The Morgan fingerprint density at radius 2 is 0.965 bits per heavy atom. The van der Waals surface area contributed by atoms with Crippen molar-refractivity contribution >= 4 is 11.9 Å². The first-order valence-electron chi connectivity index (χ1n) is 24.7. The van der Waals surface area contributed by atoms with Crippen LogP contribution in [0.15, 0.2) is 36.5 Å². The average molecular weight is 802 g/mol. The van der Waals surface area contributed by atoms with E-state index >= 15 is 0 Å². The van der Waals surface area contributed by atoms with Crippen LogP contribution in [0.2, 0.25) is 0 Å². The fourth-order valence-corrected chi connectivity index (χ4v) is 7.45. The molecule has 0 spiro atoms. The highest BCUT2D eigenvalue weighted by Crippen LogP contribution is 2.18. The van der Waals surface area contributed by atoms with Crippen molar-refractivity contribution in [1.29, 1.82) is 0 Å². The molecule has 0 saturated carbocycles. The van der Waals surface area contributed by atoms with Gasteiger partial charge in [-0.25, -0.2) is 0 Å². The maximum Gasteiger partial charge on any atom is 0.306 e. The number of amides is 1. The quantitative estimate of drug-likeness (QED) is 0.0324. The third-order valence-corrected chi connectivity index (χ3v) is 11.2. The monoisotopic (exact) mass is 802 g/mol. The van der Waals surface area contributed by atoms with Crippen LogP contribution in [-0.4, -0.2) is 46.9 Å². The van der Waals surface area contributed by atoms with Gasteiger partial charge in [0.2, 0.25) is 5.91 Å². The van der Waals surface area contributed by atoms with E-state index in [0.29, 0.717) is 19.3 Å². The summed E-state index contributed by atoms with van der Waals surface area (Å²) < 4.78 is 5.90. The maximum absolute atomic E-state index is 13.2. The summed E-state index contributed by atoms with van der Waals surface area (Å²) in [6.07, 6.45) is 52.0. The molecule has 0 fully saturated rings. The van der Waals surface area contributed by atoms with Crippen LogP contribution >= 0.6 is 0 Å². The Kier molecular flexibility index (Phi) is 43.6. The van der Waals surface area contributed by atoms with Crippen LogP contribution in [0.5, 0.6) is 0 Å². The van der Waals surface area contributed by atoms with Gasteiger partial charge in [0.05, 0.1) is 25.2 Å². The zero-order chi connectivity index (χ0) is 41.7. The average Bonchev–Trinajstić information content (AvgIpc) is 3.20. The molecule has 334 valence electrons. The summed E-state index contributed by atoms with van der Waals surface area (Å²) in [5, 5.41) is 23.7. The summed E-state index contributed by atoms with van der Waals surface area (Å²) in [5.74, 6) is -0.495. The summed E-state index contributed by atoms with van der Waals surface area (Å²) in [5.41, 5.74) is 0. The van der Waals surface area contributed by atoms with Crippen molar-refractivity contribution in [3.05, 3.63) is 36.5 Å². The first-order chi connectivity index (χ1) is 28.0. The molecule has 0 aliphatic heterocycles. The van der Waals surface area contributed by atoms with Crippen molar-refractivity contribution in [3.8, 4) is 0 Å². The van der Waals surface area contributed by atoms with Gasteiger partial charge in [-0.3, -0.25) is 9.59 Å². The molecule has 0 aromatic heterocycles. The lowest BCUT2D eigenvalue weighted by atomic mass is 10.0. The van der Waals surface area contributed by atoms with Crippen molar-refractivity contribution in [2.75, 3.05) is 6.61 Å². The number of aliphatic hydroxyl groups is 2. The Labute approximate surface area is 353 Å². The molecule has 6 heteroatoms. The van der Waals surface area contributed by atoms with Crippen molar-refractivity contribution < 1.29 is 24.5 Å². The van der Waals surface area contributed by atoms with E-state index in [1.165, 1.54) is 122 Å². The fraction of sp³-hybridized carbons (Fsp3) is 0.843. The largest absolute Gasteiger partial charge is 0.462 e. The van der Waals surface area contributed by atoms with Crippen LogP contribution in [0, 0.1) is 0 Å². The number of ether oxygens (including phenoxy) is 1. The Bertz CT molecular complexity index is 946. The van der Waals surface area contributed by atoms with Gasteiger partial charge in [0.1, 0.15) is 6.10 Å². The van der Waals surface area contributed by atoms with Gasteiger partial charge >= 0.3 is 5.97 Å². The van der Waals surface area contributed by atoms with Gasteiger partial charge in [-0.05, 0) is 70.6 Å². The fourth-order valence-electron chi connectivity index (χ4n) is 7.45. The molecule has 0 rings (SSSR count). The number of hydrogen-bond acceptors (Lipinski definition) is 5. The summed E-state index contributed by atoms with van der Waals surface area (Å²) in [4.78, 5) is 26.0. The van der Waals surface area contributed by atoms with Gasteiger partial charge in [-0.15, -0.1) is 0 Å². The molecule has 0 heterocycles. The maximum atomic E-state index is 13.2. The van der Waals surface area contributed by atoms with Crippen molar-refractivity contribution in [2.24, 2.45) is 0 Å². The van der Waals surface area contributed by atoms with Gasteiger partial charge in [0.15, 0.2) is 0 Å². The van der Waals surface area contributed by atoms with Crippen molar-refractivity contribution in [2.45, 2.75) is 270 Å². The number of esters is 1. The SMILES string of the molecule is CC/C=C/C/C=C/CCCCCCCC(CC(=O)NC(CO)C(O)CCCCCCCCCCCCCCCCC)OC(=O)CCCCCCC/C=C\CCCC. The summed E-state index contributed by atoms with van der Waals surface area (Å²) >= 11 is 0. The minimum absolute atomic E-state index is 0.0664. The molecule has 3 unspecified atom stereocenters. The van der Waals surface area contributed by atoms with Crippen molar-refractivity contribution in [3.63, 3.8) is 0 Å². The smallest absolute Gasteiger partial charge is 0.306 e. The third-order valence-electron chi connectivity index (χ3n) is 11.2. The molecule has 0 aliphatic carbocycles. The van der Waals surface area contributed by atoms with Crippen LogP contribution in [0.25, 0.3) is 0 Å². The first-order valence-corrected chi connectivity index (χ1v) is 24.7. The molecule has 1 amide bonds. The van der Waals surface area contributed by atoms with E-state index in [4.69, 9.17) is 4.74 Å². The Morgan fingerprint density at radius 1 is 0.526 bits per heavy atom. The minimum Gasteiger partial charge on any atom is -0.462 e. The highest BCUT2D eigenvalue weighted by atomic mass is 16.5. The second kappa shape index (κ2) is 45.2. The van der Waals surface area contributed by atoms with E-state index in [9.17, 15) is 19.8 Å². The Morgan fingerprint density at radius 3 is 1.49 bits per heavy atom. The van der Waals surface area contributed by atoms with E-state index in [-0.39, 0.29) is 24.9 Å². The van der Waals surface area contributed by atoms with Gasteiger partial charge in [0, 0.05) is 6.42 Å². The van der Waals surface area contributed by atoms with Crippen molar-refractivity contribution in [1.82, 2.24) is 5.32 Å². The second-order valence-corrected chi connectivity index (χ2v) is 16.8. The predicted octanol–water partition coefficient (Wildman–Crippen LogP) is 14.5. The van der Waals surface area contributed by atoms with Crippen LogP contribution in [0.4, 0.5) is 0 Å². The molecule has 0 aliphatic rings. The lowest BCUT2D eigenvalue weighted by Gasteiger charge is -2.24. The first kappa shape index (κ1) is 55.1. The number of unbranched alkanes of at least 4 members (excludes halogenated alkanes) is 26. The summed E-state index contributed by atoms with van der Waals surface area (Å²) in [6, 6.07) is -0.705. The molecule has 0 saturated heterocycles. The van der Waals surface area contributed by atoms with E-state index in [1.54, 1.807) is 0 Å². The van der Waals surface area contributed by atoms with Crippen LogP contribution in [0.3, 0.4) is 0 Å². The van der Waals surface area contributed by atoms with Gasteiger partial charge in [0.25, 0.3) is 0 Å².